The van der Waals surface area contributed by atoms with Crippen LogP contribution in [0.1, 0.15) is 20.3 Å². The van der Waals surface area contributed by atoms with Gasteiger partial charge in [-0.25, -0.2) is 0 Å². The number of rotatable bonds is 3. The molecule has 70 valence electrons. The SMILES string of the molecule is CC1CC1C(=O)N(C)C(C)CO. The van der Waals surface area contributed by atoms with Gasteiger partial charge in [0.15, 0.2) is 0 Å². The molecule has 0 heterocycles. The maximum Gasteiger partial charge on any atom is 0.226 e. The van der Waals surface area contributed by atoms with E-state index in [0.717, 1.165) is 6.42 Å². The van der Waals surface area contributed by atoms with Crippen molar-refractivity contribution in [2.24, 2.45) is 11.8 Å². The van der Waals surface area contributed by atoms with Crippen LogP contribution in [0.4, 0.5) is 0 Å². The summed E-state index contributed by atoms with van der Waals surface area (Å²) in [6, 6.07) is -0.0506. The average molecular weight is 171 g/mol. The monoisotopic (exact) mass is 171 g/mol. The first kappa shape index (κ1) is 9.52. The molecular weight excluding hydrogens is 154 g/mol. The zero-order valence-corrected chi connectivity index (χ0v) is 7.95. The van der Waals surface area contributed by atoms with Crippen LogP contribution >= 0.6 is 0 Å². The summed E-state index contributed by atoms with van der Waals surface area (Å²) in [5.41, 5.74) is 0. The lowest BCUT2D eigenvalue weighted by molar-refractivity contribution is -0.134. The molecule has 0 bridgehead atoms. The van der Waals surface area contributed by atoms with Crippen LogP contribution in [0.5, 0.6) is 0 Å². The first-order valence-corrected chi connectivity index (χ1v) is 4.45. The lowest BCUT2D eigenvalue weighted by Gasteiger charge is -2.23. The molecule has 0 aromatic rings. The van der Waals surface area contributed by atoms with Crippen molar-refractivity contribution >= 4 is 5.91 Å². The van der Waals surface area contributed by atoms with E-state index in [2.05, 4.69) is 6.92 Å². The molecule has 1 N–H and O–H groups in total. The smallest absolute Gasteiger partial charge is 0.226 e. The van der Waals surface area contributed by atoms with Crippen LogP contribution < -0.4 is 0 Å². The van der Waals surface area contributed by atoms with E-state index in [0.29, 0.717) is 5.92 Å². The first-order chi connectivity index (χ1) is 5.57. The van der Waals surface area contributed by atoms with Gasteiger partial charge in [-0.05, 0) is 19.3 Å². The number of hydrogen-bond donors (Lipinski definition) is 1. The van der Waals surface area contributed by atoms with E-state index in [4.69, 9.17) is 5.11 Å². The van der Waals surface area contributed by atoms with E-state index in [-0.39, 0.29) is 24.5 Å². The van der Waals surface area contributed by atoms with Crippen molar-refractivity contribution in [3.8, 4) is 0 Å². The van der Waals surface area contributed by atoms with Crippen LogP contribution in [0.15, 0.2) is 0 Å². The minimum atomic E-state index is -0.0506. The van der Waals surface area contributed by atoms with Crippen molar-refractivity contribution < 1.29 is 9.90 Å². The van der Waals surface area contributed by atoms with Gasteiger partial charge >= 0.3 is 0 Å². The fraction of sp³-hybridized carbons (Fsp3) is 0.889. The third kappa shape index (κ3) is 1.78. The summed E-state index contributed by atoms with van der Waals surface area (Å²) in [5.74, 6) is 0.957. The molecule has 0 aromatic heterocycles. The van der Waals surface area contributed by atoms with Crippen LogP contribution in [0.25, 0.3) is 0 Å². The van der Waals surface area contributed by atoms with E-state index in [9.17, 15) is 4.79 Å². The fourth-order valence-corrected chi connectivity index (χ4v) is 1.27. The minimum Gasteiger partial charge on any atom is -0.394 e. The summed E-state index contributed by atoms with van der Waals surface area (Å²) in [6.45, 7) is 3.98. The van der Waals surface area contributed by atoms with Crippen LogP contribution in [0, 0.1) is 11.8 Å². The third-order valence-corrected chi connectivity index (χ3v) is 2.70. The van der Waals surface area contributed by atoms with Crippen molar-refractivity contribution in [3.63, 3.8) is 0 Å². The summed E-state index contributed by atoms with van der Waals surface area (Å²) >= 11 is 0. The summed E-state index contributed by atoms with van der Waals surface area (Å²) in [7, 11) is 1.76. The van der Waals surface area contributed by atoms with Gasteiger partial charge in [-0.15, -0.1) is 0 Å². The molecule has 3 unspecified atom stereocenters. The van der Waals surface area contributed by atoms with Crippen molar-refractivity contribution in [2.45, 2.75) is 26.3 Å². The van der Waals surface area contributed by atoms with Gasteiger partial charge in [-0.1, -0.05) is 6.92 Å². The normalized spacial score (nSPS) is 29.7. The molecule has 3 atom stereocenters. The molecule has 0 radical (unpaired) electrons. The molecule has 0 saturated heterocycles. The number of nitrogens with zero attached hydrogens (tertiary/aromatic N) is 1. The Hall–Kier alpha value is -0.570. The third-order valence-electron chi connectivity index (χ3n) is 2.70. The van der Waals surface area contributed by atoms with Crippen LogP contribution in [0.2, 0.25) is 0 Å². The highest BCUT2D eigenvalue weighted by Gasteiger charge is 2.41. The summed E-state index contributed by atoms with van der Waals surface area (Å²) in [5, 5.41) is 8.83. The zero-order chi connectivity index (χ0) is 9.30. The Balaban J connectivity index is 2.41. The van der Waals surface area contributed by atoms with Crippen molar-refractivity contribution in [3.05, 3.63) is 0 Å². The van der Waals surface area contributed by atoms with Gasteiger partial charge in [-0.2, -0.15) is 0 Å². The fourth-order valence-electron chi connectivity index (χ4n) is 1.27. The predicted molar refractivity (Wildman–Crippen MR) is 46.6 cm³/mol. The highest BCUT2D eigenvalue weighted by atomic mass is 16.3. The van der Waals surface area contributed by atoms with Gasteiger partial charge in [0, 0.05) is 13.0 Å². The number of carbonyl (C=O) groups is 1. The first-order valence-electron chi connectivity index (χ1n) is 4.45. The second-order valence-electron chi connectivity index (χ2n) is 3.80. The number of amides is 1. The Kier molecular flexibility index (Phi) is 2.73. The topological polar surface area (TPSA) is 40.5 Å². The standard InChI is InChI=1S/C9H17NO2/c1-6-4-8(6)9(12)10(3)7(2)5-11/h6-8,11H,4-5H2,1-3H3. The minimum absolute atomic E-state index is 0.0450. The van der Waals surface area contributed by atoms with E-state index in [1.54, 1.807) is 11.9 Å². The quantitative estimate of drug-likeness (QED) is 0.671. The summed E-state index contributed by atoms with van der Waals surface area (Å²) in [4.78, 5) is 13.2. The number of aliphatic hydroxyl groups excluding tert-OH is 1. The molecule has 1 amide bonds. The molecule has 1 rings (SSSR count). The maximum atomic E-state index is 11.5. The Morgan fingerprint density at radius 1 is 1.75 bits per heavy atom. The number of hydrogen-bond acceptors (Lipinski definition) is 2. The molecule has 1 aliphatic rings. The molecule has 0 spiro atoms. The zero-order valence-electron chi connectivity index (χ0n) is 7.95. The number of aliphatic hydroxyl groups is 1. The molecule has 0 aromatic carbocycles. The Bertz CT molecular complexity index is 181. The molecule has 1 fully saturated rings. The molecule has 3 heteroatoms. The Morgan fingerprint density at radius 3 is 2.58 bits per heavy atom. The molecular formula is C9H17NO2. The summed E-state index contributed by atoms with van der Waals surface area (Å²) in [6.07, 6.45) is 1.02. The van der Waals surface area contributed by atoms with Crippen molar-refractivity contribution in [2.75, 3.05) is 13.7 Å². The second-order valence-corrected chi connectivity index (χ2v) is 3.80. The average Bonchev–Trinajstić information content (AvgIpc) is 2.78. The molecule has 3 nitrogen and oxygen atoms in total. The van der Waals surface area contributed by atoms with Gasteiger partial charge in [-0.3, -0.25) is 4.79 Å². The number of likely N-dealkylation sites (N-methyl/N-ethyl adjacent to an activating group) is 1. The van der Waals surface area contributed by atoms with Gasteiger partial charge in [0.2, 0.25) is 5.91 Å². The number of carbonyl (C=O) groups excluding carboxylic acids is 1. The van der Waals surface area contributed by atoms with Gasteiger partial charge in [0.1, 0.15) is 0 Å². The van der Waals surface area contributed by atoms with E-state index in [1.165, 1.54) is 0 Å². The van der Waals surface area contributed by atoms with Gasteiger partial charge in [0.25, 0.3) is 0 Å². The van der Waals surface area contributed by atoms with Crippen molar-refractivity contribution in [1.82, 2.24) is 4.90 Å². The maximum absolute atomic E-state index is 11.5. The van der Waals surface area contributed by atoms with E-state index in [1.807, 2.05) is 6.92 Å². The Morgan fingerprint density at radius 2 is 2.25 bits per heavy atom. The lowest BCUT2D eigenvalue weighted by atomic mass is 10.2. The molecule has 1 saturated carbocycles. The summed E-state index contributed by atoms with van der Waals surface area (Å²) < 4.78 is 0. The highest BCUT2D eigenvalue weighted by Crippen LogP contribution is 2.39. The van der Waals surface area contributed by atoms with E-state index >= 15 is 0 Å². The van der Waals surface area contributed by atoms with Crippen LogP contribution in [-0.2, 0) is 4.79 Å². The van der Waals surface area contributed by atoms with Crippen molar-refractivity contribution in [1.29, 1.82) is 0 Å². The Labute approximate surface area is 73.4 Å². The van der Waals surface area contributed by atoms with Gasteiger partial charge in [0.05, 0.1) is 12.6 Å². The second kappa shape index (κ2) is 3.44. The van der Waals surface area contributed by atoms with Gasteiger partial charge < -0.3 is 10.0 Å². The largest absolute Gasteiger partial charge is 0.394 e. The molecule has 12 heavy (non-hydrogen) atoms. The molecule has 0 aliphatic heterocycles. The highest BCUT2D eigenvalue weighted by molar-refractivity contribution is 5.81. The predicted octanol–water partition coefficient (Wildman–Crippen LogP) is 0.482. The molecule has 1 aliphatic carbocycles. The lowest BCUT2D eigenvalue weighted by Crippen LogP contribution is -2.38. The van der Waals surface area contributed by atoms with E-state index < -0.39 is 0 Å². The van der Waals surface area contributed by atoms with Crippen LogP contribution in [0.3, 0.4) is 0 Å². The van der Waals surface area contributed by atoms with Crippen LogP contribution in [-0.4, -0.2) is 35.6 Å².